The van der Waals surface area contributed by atoms with Crippen LogP contribution in [-0.2, 0) is 0 Å². The minimum absolute atomic E-state index is 0.0895. The number of nitrogens with zero attached hydrogens (tertiary/aromatic N) is 2. The fraction of sp³-hybridized carbons (Fsp3) is 0.300. The van der Waals surface area contributed by atoms with Crippen molar-refractivity contribution >= 4 is 34.4 Å². The highest BCUT2D eigenvalue weighted by atomic mass is 35.5. The molecule has 6 nitrogen and oxygen atoms in total. The molecule has 3 aromatic rings. The van der Waals surface area contributed by atoms with Gasteiger partial charge in [-0.2, -0.15) is 0 Å². The number of hydrogen-bond donors (Lipinski definition) is 3. The average Bonchev–Trinajstić information content (AvgIpc) is 3.09. The lowest BCUT2D eigenvalue weighted by Crippen LogP contribution is -2.46. The van der Waals surface area contributed by atoms with Crippen molar-refractivity contribution in [3.05, 3.63) is 59.4 Å². The summed E-state index contributed by atoms with van der Waals surface area (Å²) in [5, 5.41) is 6.59. The molecule has 0 bridgehead atoms. The van der Waals surface area contributed by atoms with E-state index in [-0.39, 0.29) is 18.1 Å². The minimum atomic E-state index is -0.199. The minimum Gasteiger partial charge on any atom is -0.341 e. The Bertz CT molecular complexity index is 906. The van der Waals surface area contributed by atoms with E-state index in [4.69, 9.17) is 16.6 Å². The topological polar surface area (TPSA) is 73.1 Å². The molecule has 7 heteroatoms. The average molecular weight is 384 g/mol. The number of hydrogen-bond acceptors (Lipinski definition) is 3. The molecule has 3 N–H and O–H groups in total. The molecular formula is C20H22ClN5O. The Morgan fingerprint density at radius 1 is 1.22 bits per heavy atom. The molecule has 1 saturated heterocycles. The van der Waals surface area contributed by atoms with Crippen LogP contribution in [0.15, 0.2) is 48.5 Å². The number of aromatic nitrogens is 2. The van der Waals surface area contributed by atoms with Crippen LogP contribution in [0.2, 0.25) is 5.02 Å². The van der Waals surface area contributed by atoms with Crippen LogP contribution >= 0.6 is 11.6 Å². The van der Waals surface area contributed by atoms with Crippen LogP contribution in [0.25, 0.3) is 11.0 Å². The first-order valence-corrected chi connectivity index (χ1v) is 9.44. The largest absolute Gasteiger partial charge is 0.341 e. The third kappa shape index (κ3) is 4.07. The van der Waals surface area contributed by atoms with E-state index >= 15 is 0 Å². The standard InChI is InChI=1S/C20H22ClN5O/c1-26-11-10-15(23-20(27)22-14-8-6-13(21)7-9-14)12-18(26)19-24-16-4-2-3-5-17(16)25-19/h2-9,15,18H,10-12H2,1H3,(H,24,25)(H2,22,23,27)/t15?,18-/m1/s1. The van der Waals surface area contributed by atoms with Gasteiger partial charge in [-0.25, -0.2) is 9.78 Å². The van der Waals surface area contributed by atoms with Crippen molar-refractivity contribution in [1.82, 2.24) is 20.2 Å². The number of benzene rings is 2. The Kier molecular flexibility index (Phi) is 5.01. The number of nitrogens with one attached hydrogen (secondary N) is 3. The summed E-state index contributed by atoms with van der Waals surface area (Å²) in [7, 11) is 2.10. The lowest BCUT2D eigenvalue weighted by atomic mass is 9.97. The van der Waals surface area contributed by atoms with Crippen molar-refractivity contribution < 1.29 is 4.79 Å². The monoisotopic (exact) mass is 383 g/mol. The predicted octanol–water partition coefficient (Wildman–Crippen LogP) is 4.17. The van der Waals surface area contributed by atoms with Crippen molar-refractivity contribution in [2.24, 2.45) is 0 Å². The second kappa shape index (κ2) is 7.58. The van der Waals surface area contributed by atoms with Crippen molar-refractivity contribution in [3.8, 4) is 0 Å². The highest BCUT2D eigenvalue weighted by Gasteiger charge is 2.30. The van der Waals surface area contributed by atoms with E-state index in [1.807, 2.05) is 24.3 Å². The van der Waals surface area contributed by atoms with Gasteiger partial charge in [0, 0.05) is 23.3 Å². The molecule has 1 aliphatic rings. The number of rotatable bonds is 3. The van der Waals surface area contributed by atoms with Gasteiger partial charge in [-0.15, -0.1) is 0 Å². The van der Waals surface area contributed by atoms with Crippen LogP contribution in [0.1, 0.15) is 24.7 Å². The molecule has 1 aliphatic heterocycles. The smallest absolute Gasteiger partial charge is 0.319 e. The first-order valence-electron chi connectivity index (χ1n) is 9.06. The van der Waals surface area contributed by atoms with E-state index in [1.54, 1.807) is 24.3 Å². The quantitative estimate of drug-likeness (QED) is 0.635. The number of H-pyrrole nitrogens is 1. The molecule has 1 unspecified atom stereocenters. The number of piperidine rings is 1. The number of halogens is 1. The van der Waals surface area contributed by atoms with Crippen molar-refractivity contribution in [3.63, 3.8) is 0 Å². The third-order valence-electron chi connectivity index (χ3n) is 5.03. The van der Waals surface area contributed by atoms with Crippen LogP contribution < -0.4 is 10.6 Å². The fourth-order valence-corrected chi connectivity index (χ4v) is 3.68. The first-order chi connectivity index (χ1) is 13.1. The molecule has 1 fully saturated rings. The Morgan fingerprint density at radius 3 is 2.78 bits per heavy atom. The summed E-state index contributed by atoms with van der Waals surface area (Å²) in [4.78, 5) is 22.8. The number of aromatic amines is 1. The highest BCUT2D eigenvalue weighted by Crippen LogP contribution is 2.29. The Balaban J connectivity index is 1.42. The van der Waals surface area contributed by atoms with Crippen LogP contribution in [-0.4, -0.2) is 40.5 Å². The highest BCUT2D eigenvalue weighted by molar-refractivity contribution is 6.30. The van der Waals surface area contributed by atoms with Crippen molar-refractivity contribution in [1.29, 1.82) is 0 Å². The molecule has 2 atom stereocenters. The van der Waals surface area contributed by atoms with E-state index < -0.39 is 0 Å². The van der Waals surface area contributed by atoms with Gasteiger partial charge < -0.3 is 15.6 Å². The molecule has 2 heterocycles. The number of urea groups is 1. The molecule has 0 aliphatic carbocycles. The van der Waals surface area contributed by atoms with E-state index in [2.05, 4.69) is 27.6 Å². The second-order valence-electron chi connectivity index (χ2n) is 6.96. The SMILES string of the molecule is CN1CCC(NC(=O)Nc2ccc(Cl)cc2)C[C@@H]1c1nc2ccccc2[nH]1. The van der Waals surface area contributed by atoms with E-state index in [1.165, 1.54) is 0 Å². The van der Waals surface area contributed by atoms with Gasteiger partial charge in [0.1, 0.15) is 5.82 Å². The van der Waals surface area contributed by atoms with Gasteiger partial charge in [-0.1, -0.05) is 23.7 Å². The van der Waals surface area contributed by atoms with Crippen LogP contribution in [0.5, 0.6) is 0 Å². The van der Waals surface area contributed by atoms with Crippen molar-refractivity contribution in [2.75, 3.05) is 18.9 Å². The lowest BCUT2D eigenvalue weighted by Gasteiger charge is -2.36. The number of carbonyl (C=O) groups is 1. The number of amides is 2. The number of imidazole rings is 1. The Morgan fingerprint density at radius 2 is 2.00 bits per heavy atom. The lowest BCUT2D eigenvalue weighted by molar-refractivity contribution is 0.153. The van der Waals surface area contributed by atoms with Gasteiger partial charge in [0.25, 0.3) is 0 Å². The molecule has 2 aromatic carbocycles. The maximum Gasteiger partial charge on any atom is 0.319 e. The van der Waals surface area contributed by atoms with Crippen LogP contribution in [0, 0.1) is 0 Å². The van der Waals surface area contributed by atoms with Gasteiger partial charge >= 0.3 is 6.03 Å². The number of para-hydroxylation sites is 2. The molecule has 0 radical (unpaired) electrons. The summed E-state index contributed by atoms with van der Waals surface area (Å²) in [5.74, 6) is 0.948. The summed E-state index contributed by atoms with van der Waals surface area (Å²) in [6, 6.07) is 15.1. The number of fused-ring (bicyclic) bond motifs is 1. The zero-order valence-corrected chi connectivity index (χ0v) is 15.8. The van der Waals surface area contributed by atoms with E-state index in [9.17, 15) is 4.79 Å². The predicted molar refractivity (Wildman–Crippen MR) is 108 cm³/mol. The number of anilines is 1. The van der Waals surface area contributed by atoms with Gasteiger partial charge in [0.05, 0.1) is 17.1 Å². The summed E-state index contributed by atoms with van der Waals surface area (Å²) < 4.78 is 0. The second-order valence-corrected chi connectivity index (χ2v) is 7.40. The molecule has 0 spiro atoms. The maximum absolute atomic E-state index is 12.3. The van der Waals surface area contributed by atoms with E-state index in [0.29, 0.717) is 5.02 Å². The Labute approximate surface area is 162 Å². The summed E-state index contributed by atoms with van der Waals surface area (Å²) in [5.41, 5.74) is 2.73. The zero-order chi connectivity index (χ0) is 18.8. The third-order valence-corrected chi connectivity index (χ3v) is 5.28. The summed E-state index contributed by atoms with van der Waals surface area (Å²) >= 11 is 5.88. The van der Waals surface area contributed by atoms with Gasteiger partial charge in [0.2, 0.25) is 0 Å². The normalized spacial score (nSPS) is 20.5. The molecule has 2 amide bonds. The molecule has 1 aromatic heterocycles. The molecule has 4 rings (SSSR count). The van der Waals surface area contributed by atoms with Gasteiger partial charge in [0.15, 0.2) is 0 Å². The number of likely N-dealkylation sites (tertiary alicyclic amines) is 1. The maximum atomic E-state index is 12.3. The zero-order valence-electron chi connectivity index (χ0n) is 15.1. The summed E-state index contributed by atoms with van der Waals surface area (Å²) in [6.07, 6.45) is 1.71. The summed E-state index contributed by atoms with van der Waals surface area (Å²) in [6.45, 7) is 0.896. The first kappa shape index (κ1) is 17.8. The number of carbonyl (C=O) groups excluding carboxylic acids is 1. The van der Waals surface area contributed by atoms with Gasteiger partial charge in [-0.3, -0.25) is 4.90 Å². The van der Waals surface area contributed by atoms with Crippen LogP contribution in [0.4, 0.5) is 10.5 Å². The molecule has 140 valence electrons. The molecular weight excluding hydrogens is 362 g/mol. The van der Waals surface area contributed by atoms with E-state index in [0.717, 1.165) is 41.9 Å². The molecule has 27 heavy (non-hydrogen) atoms. The van der Waals surface area contributed by atoms with Crippen molar-refractivity contribution in [2.45, 2.75) is 24.9 Å². The van der Waals surface area contributed by atoms with Gasteiger partial charge in [-0.05, 0) is 56.3 Å². The fourth-order valence-electron chi connectivity index (χ4n) is 3.55. The van der Waals surface area contributed by atoms with Crippen LogP contribution in [0.3, 0.4) is 0 Å². The molecule has 0 saturated carbocycles. The Hall–Kier alpha value is -2.57.